The normalized spacial score (nSPS) is 13.9. The topological polar surface area (TPSA) is 63.1 Å². The number of halogens is 1. The summed E-state index contributed by atoms with van der Waals surface area (Å²) in [6.45, 7) is 2.77. The molecule has 1 amide bonds. The standard InChI is InChI=1S/C23H26FN5OS/c24-19-9-11-20(12-10-19)25-15-21-26-27-23(29(21)16-18-7-3-1-4-8-18)31-17-22(30)28-13-5-2-6-14-28/h1,3-4,7-12,25H,2,5-6,13-17H2. The van der Waals surface area contributed by atoms with Crippen LogP contribution in [0.3, 0.4) is 0 Å². The number of nitrogens with zero attached hydrogens (tertiary/aromatic N) is 4. The molecule has 2 heterocycles. The Hall–Kier alpha value is -2.87. The van der Waals surface area contributed by atoms with Gasteiger partial charge in [0.1, 0.15) is 5.82 Å². The summed E-state index contributed by atoms with van der Waals surface area (Å²) in [6, 6.07) is 16.3. The average Bonchev–Trinajstić information content (AvgIpc) is 3.19. The minimum absolute atomic E-state index is 0.157. The second-order valence-corrected chi connectivity index (χ2v) is 8.50. The van der Waals surface area contributed by atoms with Gasteiger partial charge in [-0.1, -0.05) is 42.1 Å². The highest BCUT2D eigenvalue weighted by molar-refractivity contribution is 7.99. The molecule has 0 radical (unpaired) electrons. The maximum atomic E-state index is 13.2. The summed E-state index contributed by atoms with van der Waals surface area (Å²) < 4.78 is 15.2. The number of rotatable bonds is 8. The van der Waals surface area contributed by atoms with Gasteiger partial charge in [-0.25, -0.2) is 4.39 Å². The van der Waals surface area contributed by atoms with Crippen molar-refractivity contribution >= 4 is 23.4 Å². The average molecular weight is 440 g/mol. The Morgan fingerprint density at radius 1 is 1.00 bits per heavy atom. The fraction of sp³-hybridized carbons (Fsp3) is 0.348. The van der Waals surface area contributed by atoms with E-state index in [4.69, 9.17) is 0 Å². The number of carbonyl (C=O) groups is 1. The Labute approximate surface area is 185 Å². The van der Waals surface area contributed by atoms with E-state index >= 15 is 0 Å². The van der Waals surface area contributed by atoms with Gasteiger partial charge in [0.15, 0.2) is 11.0 Å². The van der Waals surface area contributed by atoms with Crippen molar-refractivity contribution in [2.24, 2.45) is 0 Å². The molecule has 1 fully saturated rings. The Bertz CT molecular complexity index is 987. The second-order valence-electron chi connectivity index (χ2n) is 7.56. The number of carbonyl (C=O) groups excluding carboxylic acids is 1. The van der Waals surface area contributed by atoms with E-state index in [9.17, 15) is 9.18 Å². The quantitative estimate of drug-likeness (QED) is 0.534. The number of piperidine rings is 1. The fourth-order valence-corrected chi connectivity index (χ4v) is 4.45. The van der Waals surface area contributed by atoms with Crippen LogP contribution in [0, 0.1) is 5.82 Å². The van der Waals surface area contributed by atoms with Gasteiger partial charge in [-0.15, -0.1) is 10.2 Å². The molecule has 3 aromatic rings. The SMILES string of the molecule is O=C(CSc1nnc(CNc2ccc(F)cc2)n1Cc1ccccc1)N1CCCCC1. The summed E-state index contributed by atoms with van der Waals surface area (Å²) in [7, 11) is 0. The molecule has 1 aliphatic rings. The Balaban J connectivity index is 1.47. The van der Waals surface area contributed by atoms with Crippen molar-refractivity contribution in [1.82, 2.24) is 19.7 Å². The van der Waals surface area contributed by atoms with E-state index < -0.39 is 0 Å². The second kappa shape index (κ2) is 10.4. The van der Waals surface area contributed by atoms with Crippen LogP contribution in [0.15, 0.2) is 59.8 Å². The smallest absolute Gasteiger partial charge is 0.233 e. The number of aromatic nitrogens is 3. The summed E-state index contributed by atoms with van der Waals surface area (Å²) in [5.41, 5.74) is 1.94. The predicted molar refractivity (Wildman–Crippen MR) is 120 cm³/mol. The molecule has 162 valence electrons. The van der Waals surface area contributed by atoms with Crippen LogP contribution >= 0.6 is 11.8 Å². The van der Waals surface area contributed by atoms with Crippen LogP contribution < -0.4 is 5.32 Å². The zero-order chi connectivity index (χ0) is 21.5. The lowest BCUT2D eigenvalue weighted by Gasteiger charge is -2.26. The molecule has 0 bridgehead atoms. The van der Waals surface area contributed by atoms with Gasteiger partial charge in [-0.05, 0) is 49.1 Å². The molecule has 1 saturated heterocycles. The number of hydrogen-bond acceptors (Lipinski definition) is 5. The van der Waals surface area contributed by atoms with Crippen molar-refractivity contribution in [1.29, 1.82) is 0 Å². The monoisotopic (exact) mass is 439 g/mol. The van der Waals surface area contributed by atoms with Crippen LogP contribution in [0.5, 0.6) is 0 Å². The summed E-state index contributed by atoms with van der Waals surface area (Å²) in [5.74, 6) is 1.01. The van der Waals surface area contributed by atoms with E-state index in [0.717, 1.165) is 48.2 Å². The molecule has 2 aromatic carbocycles. The van der Waals surface area contributed by atoms with Crippen LogP contribution in [0.1, 0.15) is 30.7 Å². The number of benzene rings is 2. The summed E-state index contributed by atoms with van der Waals surface area (Å²) >= 11 is 1.43. The van der Waals surface area contributed by atoms with E-state index in [2.05, 4.69) is 27.6 Å². The third-order valence-electron chi connectivity index (χ3n) is 5.31. The van der Waals surface area contributed by atoms with Gasteiger partial charge >= 0.3 is 0 Å². The molecule has 1 aliphatic heterocycles. The van der Waals surface area contributed by atoms with Crippen LogP contribution in [-0.2, 0) is 17.9 Å². The zero-order valence-electron chi connectivity index (χ0n) is 17.3. The van der Waals surface area contributed by atoms with Gasteiger partial charge in [0.05, 0.1) is 18.8 Å². The minimum Gasteiger partial charge on any atom is -0.378 e. The molecular formula is C23H26FN5OS. The van der Waals surface area contributed by atoms with E-state index in [0.29, 0.717) is 18.8 Å². The molecule has 1 aromatic heterocycles. The van der Waals surface area contributed by atoms with Gasteiger partial charge < -0.3 is 14.8 Å². The molecule has 0 unspecified atom stereocenters. The molecule has 0 atom stereocenters. The molecular weight excluding hydrogens is 413 g/mol. The number of anilines is 1. The lowest BCUT2D eigenvalue weighted by molar-refractivity contribution is -0.129. The van der Waals surface area contributed by atoms with Gasteiger partial charge in [0, 0.05) is 18.8 Å². The Morgan fingerprint density at radius 3 is 2.48 bits per heavy atom. The van der Waals surface area contributed by atoms with E-state index in [1.807, 2.05) is 27.7 Å². The van der Waals surface area contributed by atoms with Crippen molar-refractivity contribution in [3.63, 3.8) is 0 Å². The lowest BCUT2D eigenvalue weighted by atomic mass is 10.1. The van der Waals surface area contributed by atoms with Gasteiger partial charge in [0.2, 0.25) is 5.91 Å². The minimum atomic E-state index is -0.269. The molecule has 1 N–H and O–H groups in total. The maximum Gasteiger partial charge on any atom is 0.233 e. The van der Waals surface area contributed by atoms with Gasteiger partial charge in [-0.2, -0.15) is 0 Å². The molecule has 0 saturated carbocycles. The lowest BCUT2D eigenvalue weighted by Crippen LogP contribution is -2.36. The van der Waals surface area contributed by atoms with Gasteiger partial charge in [-0.3, -0.25) is 4.79 Å². The first kappa shape index (κ1) is 21.4. The van der Waals surface area contributed by atoms with E-state index in [1.165, 1.54) is 30.3 Å². The highest BCUT2D eigenvalue weighted by Gasteiger charge is 2.19. The van der Waals surface area contributed by atoms with Crippen molar-refractivity contribution in [3.8, 4) is 0 Å². The number of thioether (sulfide) groups is 1. The third kappa shape index (κ3) is 5.85. The first-order valence-corrected chi connectivity index (χ1v) is 11.5. The molecule has 0 aliphatic carbocycles. The van der Waals surface area contributed by atoms with E-state index in [1.54, 1.807) is 12.1 Å². The first-order valence-electron chi connectivity index (χ1n) is 10.5. The van der Waals surface area contributed by atoms with Crippen LogP contribution in [0.4, 0.5) is 10.1 Å². The van der Waals surface area contributed by atoms with Crippen LogP contribution in [0.25, 0.3) is 0 Å². The summed E-state index contributed by atoms with van der Waals surface area (Å²) in [5, 5.41) is 12.7. The fourth-order valence-electron chi connectivity index (χ4n) is 3.59. The van der Waals surface area contributed by atoms with E-state index in [-0.39, 0.29) is 11.7 Å². The van der Waals surface area contributed by atoms with Gasteiger partial charge in [0.25, 0.3) is 0 Å². The van der Waals surface area contributed by atoms with Crippen LogP contribution in [-0.4, -0.2) is 44.4 Å². The Kier molecular flexibility index (Phi) is 7.19. The largest absolute Gasteiger partial charge is 0.378 e. The summed E-state index contributed by atoms with van der Waals surface area (Å²) in [4.78, 5) is 14.5. The number of hydrogen-bond donors (Lipinski definition) is 1. The highest BCUT2D eigenvalue weighted by atomic mass is 32.2. The predicted octanol–water partition coefficient (Wildman–Crippen LogP) is 4.18. The van der Waals surface area contributed by atoms with Crippen LogP contribution in [0.2, 0.25) is 0 Å². The maximum absolute atomic E-state index is 13.2. The number of nitrogens with one attached hydrogen (secondary N) is 1. The molecule has 4 rings (SSSR count). The van der Waals surface area contributed by atoms with Crippen molar-refractivity contribution < 1.29 is 9.18 Å². The third-order valence-corrected chi connectivity index (χ3v) is 6.26. The van der Waals surface area contributed by atoms with Crippen molar-refractivity contribution in [2.75, 3.05) is 24.2 Å². The highest BCUT2D eigenvalue weighted by Crippen LogP contribution is 2.21. The zero-order valence-corrected chi connectivity index (χ0v) is 18.2. The molecule has 8 heteroatoms. The molecule has 31 heavy (non-hydrogen) atoms. The van der Waals surface area contributed by atoms with Crippen molar-refractivity contribution in [3.05, 3.63) is 71.8 Å². The number of amides is 1. The first-order chi connectivity index (χ1) is 15.2. The summed E-state index contributed by atoms with van der Waals surface area (Å²) in [6.07, 6.45) is 3.37. The molecule has 6 nitrogen and oxygen atoms in total. The molecule has 0 spiro atoms. The number of likely N-dealkylation sites (tertiary alicyclic amines) is 1. The Morgan fingerprint density at radius 2 is 1.74 bits per heavy atom. The van der Waals surface area contributed by atoms with Crippen molar-refractivity contribution in [2.45, 2.75) is 37.5 Å².